The van der Waals surface area contributed by atoms with Crippen molar-refractivity contribution in [3.63, 3.8) is 0 Å². The largest absolute Gasteiger partial charge is 3.00 e. The molecule has 19 valence electrons. The summed E-state index contributed by atoms with van der Waals surface area (Å²) in [5.74, 6) is 0. The third kappa shape index (κ3) is 12.1. The molecule has 2 nitrogen and oxygen atoms in total. The van der Waals surface area contributed by atoms with Gasteiger partial charge in [0.15, 0.2) is 0 Å². The third-order valence-corrected chi connectivity index (χ3v) is 0. The number of rotatable bonds is 0. The van der Waals surface area contributed by atoms with Gasteiger partial charge < -0.3 is 11.0 Å². The molecule has 0 aliphatic rings. The van der Waals surface area contributed by atoms with Gasteiger partial charge in [-0.25, -0.2) is 0 Å². The van der Waals surface area contributed by atoms with E-state index < -0.39 is 0 Å². The molecule has 0 rings (SSSR count). The van der Waals surface area contributed by atoms with Crippen LogP contribution in [0.25, 0.3) is 0 Å². The van der Waals surface area contributed by atoms with Gasteiger partial charge >= 0.3 is 34.7 Å². The first-order valence-corrected chi connectivity index (χ1v) is 0. The van der Waals surface area contributed by atoms with Gasteiger partial charge in [0, 0.05) is 0 Å². The first-order valence-electron chi connectivity index (χ1n) is 0. The molecule has 0 spiro atoms. The van der Waals surface area contributed by atoms with Gasteiger partial charge in [-0.1, -0.05) is 0 Å². The fourth-order valence-electron chi connectivity index (χ4n) is 0. The van der Waals surface area contributed by atoms with Gasteiger partial charge in [0.25, 0.3) is 0 Å². The quantitative estimate of drug-likeness (QED) is 0.388. The summed E-state index contributed by atoms with van der Waals surface area (Å²) in [6, 6.07) is 0. The average molecular weight is 113 g/mol. The molecule has 0 bridgehead atoms. The van der Waals surface area contributed by atoms with E-state index in [2.05, 4.69) is 0 Å². The number of hydrogen-bond donors (Lipinski definition) is 0. The van der Waals surface area contributed by atoms with Crippen LogP contribution in [-0.2, 0) is 17.4 Å². The Balaban J connectivity index is 0. The molecule has 0 saturated heterocycles. The molecule has 0 aliphatic carbocycles. The Bertz CT molecular complexity index is 6.00. The van der Waals surface area contributed by atoms with Crippen molar-refractivity contribution in [1.29, 1.82) is 0 Å². The Morgan fingerprint density at radius 2 is 0.750 bits per heavy atom. The summed E-state index contributed by atoms with van der Waals surface area (Å²) in [6.45, 7) is 0. The Kier molecular flexibility index (Phi) is 747. The molecule has 0 aliphatic heterocycles. The van der Waals surface area contributed by atoms with Gasteiger partial charge in [0.2, 0.25) is 0 Å². The van der Waals surface area contributed by atoms with Crippen LogP contribution in [0.5, 0.6) is 0 Å². The van der Waals surface area contributed by atoms with Crippen LogP contribution in [0.3, 0.4) is 0 Å². The molecule has 0 atom stereocenters. The molecule has 4 heavy (non-hydrogen) atoms. The van der Waals surface area contributed by atoms with E-state index in [4.69, 9.17) is 0 Å². The van der Waals surface area contributed by atoms with Crippen LogP contribution in [0.15, 0.2) is 0 Å². The van der Waals surface area contributed by atoms with Crippen molar-refractivity contribution < 1.29 is 28.3 Å². The zero-order chi connectivity index (χ0) is 0. The summed E-state index contributed by atoms with van der Waals surface area (Å²) >= 11 is 0. The predicted octanol–water partition coefficient (Wildman–Crippen LogP) is -0.737. The molecule has 0 fully saturated rings. The van der Waals surface area contributed by atoms with E-state index in [1.165, 1.54) is 0 Å². The van der Waals surface area contributed by atoms with Crippen LogP contribution in [0.1, 0.15) is 0 Å². The summed E-state index contributed by atoms with van der Waals surface area (Å²) in [6.07, 6.45) is 0. The molecule has 0 saturated carbocycles. The minimum Gasteiger partial charge on any atom is -0.870 e. The molecular formula is H2AlCrO2+4. The monoisotopic (exact) mass is 113 g/mol. The van der Waals surface area contributed by atoms with Gasteiger partial charge in [0.05, 0.1) is 0 Å². The fraction of sp³-hybridized carbons (Fsp3) is 0. The maximum Gasteiger partial charge on any atom is 3.00 e. The third-order valence-electron chi connectivity index (χ3n) is 0. The van der Waals surface area contributed by atoms with Gasteiger partial charge in [-0.15, -0.1) is 0 Å². The molecule has 0 aromatic heterocycles. The van der Waals surface area contributed by atoms with Crippen molar-refractivity contribution in [2.24, 2.45) is 0 Å². The van der Waals surface area contributed by atoms with Gasteiger partial charge in [-0.05, 0) is 0 Å². The van der Waals surface area contributed by atoms with Crippen LogP contribution in [0.4, 0.5) is 0 Å². The van der Waals surface area contributed by atoms with E-state index in [0.717, 1.165) is 0 Å². The molecule has 2 N–H and O–H groups in total. The molecule has 0 unspecified atom stereocenters. The minimum absolute atomic E-state index is 0. The zero-order valence-corrected chi connectivity index (χ0v) is 4.31. The first kappa shape index (κ1) is 81.6. The second-order valence-electron chi connectivity index (χ2n) is 0. The van der Waals surface area contributed by atoms with Crippen molar-refractivity contribution in [1.82, 2.24) is 0 Å². The van der Waals surface area contributed by atoms with Crippen molar-refractivity contribution in [3.8, 4) is 0 Å². The van der Waals surface area contributed by atoms with Crippen molar-refractivity contribution >= 4 is 17.4 Å². The fourth-order valence-corrected chi connectivity index (χ4v) is 0. The summed E-state index contributed by atoms with van der Waals surface area (Å²) in [4.78, 5) is 0. The van der Waals surface area contributed by atoms with Gasteiger partial charge in [-0.3, -0.25) is 0 Å². The SMILES string of the molecule is [Al+3].[Cr+3].[OH-].[OH-]. The molecule has 0 aromatic carbocycles. The van der Waals surface area contributed by atoms with Gasteiger partial charge in [0.1, 0.15) is 0 Å². The van der Waals surface area contributed by atoms with E-state index in [1.807, 2.05) is 0 Å². The number of hydrogen-bond acceptors (Lipinski definition) is 2. The maximum atomic E-state index is 0. The van der Waals surface area contributed by atoms with E-state index in [0.29, 0.717) is 0 Å². The standard InChI is InChI=1S/Al.Cr.2H2O/h;;2*1H2/q2*+3;;/p-2. The molecular weight excluding hydrogens is 111 g/mol. The van der Waals surface area contributed by atoms with E-state index in [9.17, 15) is 0 Å². The Morgan fingerprint density at radius 1 is 0.750 bits per heavy atom. The first-order chi connectivity index (χ1) is 0. The van der Waals surface area contributed by atoms with Crippen LogP contribution in [0, 0.1) is 0 Å². The smallest absolute Gasteiger partial charge is 0.870 e. The predicted molar refractivity (Wildman–Crippen MR) is 9.63 cm³/mol. The Hall–Kier alpha value is 0.985. The summed E-state index contributed by atoms with van der Waals surface area (Å²) in [7, 11) is 0. The van der Waals surface area contributed by atoms with Crippen LogP contribution in [-0.4, -0.2) is 28.3 Å². The second kappa shape index (κ2) is 36.6. The molecule has 0 heterocycles. The topological polar surface area (TPSA) is 60.0 Å². The minimum atomic E-state index is 0. The maximum absolute atomic E-state index is 0. The van der Waals surface area contributed by atoms with Crippen LogP contribution < -0.4 is 0 Å². The van der Waals surface area contributed by atoms with Crippen LogP contribution >= 0.6 is 0 Å². The van der Waals surface area contributed by atoms with Crippen LogP contribution in [0.2, 0.25) is 0 Å². The average Bonchev–Trinajstić information content (AvgIpc) is 0. The van der Waals surface area contributed by atoms with Crippen molar-refractivity contribution in [2.45, 2.75) is 0 Å². The Morgan fingerprint density at radius 3 is 0.750 bits per heavy atom. The van der Waals surface area contributed by atoms with E-state index in [1.54, 1.807) is 0 Å². The Labute approximate surface area is 46.1 Å². The summed E-state index contributed by atoms with van der Waals surface area (Å²) < 4.78 is 0. The van der Waals surface area contributed by atoms with Gasteiger partial charge in [-0.2, -0.15) is 0 Å². The van der Waals surface area contributed by atoms with E-state index >= 15 is 0 Å². The molecule has 4 heteroatoms. The molecule has 0 aromatic rings. The second-order valence-corrected chi connectivity index (χ2v) is 0. The van der Waals surface area contributed by atoms with Crippen molar-refractivity contribution in [2.75, 3.05) is 0 Å². The summed E-state index contributed by atoms with van der Waals surface area (Å²) in [5.41, 5.74) is 0. The normalized spacial score (nSPS) is 0. The van der Waals surface area contributed by atoms with Crippen molar-refractivity contribution in [3.05, 3.63) is 0 Å². The summed E-state index contributed by atoms with van der Waals surface area (Å²) in [5, 5.41) is 0. The van der Waals surface area contributed by atoms with E-state index in [-0.39, 0.29) is 45.7 Å². The zero-order valence-electron chi connectivity index (χ0n) is 1.88. The molecule has 1 radical (unpaired) electrons. The molecule has 0 amide bonds.